The highest BCUT2D eigenvalue weighted by molar-refractivity contribution is 5.70. The molecular weight excluding hydrogens is 188 g/mol. The zero-order valence-electron chi connectivity index (χ0n) is 10.1. The fourth-order valence-electron chi connectivity index (χ4n) is 1.49. The molecule has 0 aliphatic carbocycles. The van der Waals surface area contributed by atoms with Gasteiger partial charge in [0, 0.05) is 5.41 Å². The lowest BCUT2D eigenvalue weighted by Gasteiger charge is -2.26. The normalized spacial score (nSPS) is 14.9. The smallest absolute Gasteiger partial charge is 0.306 e. The number of carbonyl (C=O) groups excluding carboxylic acids is 1. The van der Waals surface area contributed by atoms with Crippen molar-refractivity contribution in [2.45, 2.75) is 40.0 Å². The van der Waals surface area contributed by atoms with E-state index in [9.17, 15) is 4.79 Å². The molecule has 1 unspecified atom stereocenters. The van der Waals surface area contributed by atoms with Crippen molar-refractivity contribution in [3.8, 4) is 0 Å². The lowest BCUT2D eigenvalue weighted by molar-refractivity contribution is -0.145. The Morgan fingerprint density at radius 2 is 2.13 bits per heavy atom. The fraction of sp³-hybridized carbons (Fsp3) is 0.615. The summed E-state index contributed by atoms with van der Waals surface area (Å²) in [4.78, 5) is 11.4. The second-order valence-electron chi connectivity index (χ2n) is 3.68. The molecule has 0 spiro atoms. The van der Waals surface area contributed by atoms with E-state index in [1.165, 1.54) is 0 Å². The van der Waals surface area contributed by atoms with Gasteiger partial charge in [0.25, 0.3) is 0 Å². The second-order valence-corrected chi connectivity index (χ2v) is 3.68. The fourth-order valence-corrected chi connectivity index (χ4v) is 1.49. The summed E-state index contributed by atoms with van der Waals surface area (Å²) in [5.41, 5.74) is -0.140. The van der Waals surface area contributed by atoms with Gasteiger partial charge in [0.1, 0.15) is 0 Å². The third-order valence-corrected chi connectivity index (χ3v) is 2.70. The van der Waals surface area contributed by atoms with E-state index >= 15 is 0 Å². The van der Waals surface area contributed by atoms with Crippen LogP contribution in [0.4, 0.5) is 0 Å². The maximum absolute atomic E-state index is 11.4. The van der Waals surface area contributed by atoms with Gasteiger partial charge in [0.2, 0.25) is 0 Å². The quantitative estimate of drug-likeness (QED) is 0.475. The van der Waals surface area contributed by atoms with Crippen LogP contribution in [0.15, 0.2) is 24.8 Å². The summed E-state index contributed by atoms with van der Waals surface area (Å²) in [6, 6.07) is 0. The highest BCUT2D eigenvalue weighted by atomic mass is 16.5. The Labute approximate surface area is 93.0 Å². The van der Waals surface area contributed by atoms with Gasteiger partial charge in [-0.3, -0.25) is 4.79 Å². The summed E-state index contributed by atoms with van der Waals surface area (Å²) in [6.45, 7) is 10.2. The molecule has 0 N–H and O–H groups in total. The van der Waals surface area contributed by atoms with Gasteiger partial charge in [-0.2, -0.15) is 0 Å². The molecule has 0 saturated carbocycles. The molecule has 0 amide bonds. The zero-order valence-corrected chi connectivity index (χ0v) is 10.1. The predicted octanol–water partition coefficient (Wildman–Crippen LogP) is 3.49. The maximum Gasteiger partial charge on any atom is 0.306 e. The molecule has 0 aliphatic heterocycles. The van der Waals surface area contributed by atoms with E-state index in [1.54, 1.807) is 0 Å². The van der Waals surface area contributed by atoms with Crippen LogP contribution in [0, 0.1) is 5.41 Å². The van der Waals surface area contributed by atoms with Crippen molar-refractivity contribution in [1.82, 2.24) is 0 Å². The minimum absolute atomic E-state index is 0.135. The van der Waals surface area contributed by atoms with Crippen molar-refractivity contribution in [3.05, 3.63) is 24.8 Å². The van der Waals surface area contributed by atoms with Crippen LogP contribution < -0.4 is 0 Å². The van der Waals surface area contributed by atoms with Crippen LogP contribution in [0.25, 0.3) is 0 Å². The Bertz CT molecular complexity index is 231. The summed E-state index contributed by atoms with van der Waals surface area (Å²) < 4.78 is 4.97. The topological polar surface area (TPSA) is 26.3 Å². The average Bonchev–Trinajstić information content (AvgIpc) is 2.25. The van der Waals surface area contributed by atoms with E-state index in [-0.39, 0.29) is 11.4 Å². The third kappa shape index (κ3) is 4.82. The molecule has 0 heterocycles. The Hall–Kier alpha value is -1.05. The van der Waals surface area contributed by atoms with Crippen LogP contribution in [-0.4, -0.2) is 12.6 Å². The van der Waals surface area contributed by atoms with E-state index in [0.717, 1.165) is 12.8 Å². The number of allylic oxidation sites excluding steroid dienone is 3. The second kappa shape index (κ2) is 7.27. The van der Waals surface area contributed by atoms with Crippen LogP contribution in [-0.2, 0) is 9.53 Å². The first-order valence-corrected chi connectivity index (χ1v) is 5.54. The molecule has 2 nitrogen and oxygen atoms in total. The average molecular weight is 210 g/mol. The van der Waals surface area contributed by atoms with Gasteiger partial charge < -0.3 is 4.74 Å². The summed E-state index contributed by atoms with van der Waals surface area (Å²) in [5, 5.41) is 0. The lowest BCUT2D eigenvalue weighted by atomic mass is 9.79. The number of esters is 1. The molecule has 0 aromatic rings. The standard InChI is InChI=1S/C13H22O2/c1-5-9-10-13(6-2,7-3)11-12(14)15-8-4/h5-6,9H,2,7-8,10-11H2,1,3-4H3. The van der Waals surface area contributed by atoms with Gasteiger partial charge in [0.15, 0.2) is 0 Å². The van der Waals surface area contributed by atoms with E-state index in [2.05, 4.69) is 19.6 Å². The van der Waals surface area contributed by atoms with Crippen LogP contribution in [0.1, 0.15) is 40.0 Å². The maximum atomic E-state index is 11.4. The van der Waals surface area contributed by atoms with Crippen LogP contribution in [0.3, 0.4) is 0 Å². The molecule has 0 aliphatic rings. The van der Waals surface area contributed by atoms with E-state index in [4.69, 9.17) is 4.74 Å². The van der Waals surface area contributed by atoms with Crippen molar-refractivity contribution < 1.29 is 9.53 Å². The monoisotopic (exact) mass is 210 g/mol. The predicted molar refractivity (Wildman–Crippen MR) is 63.6 cm³/mol. The SMILES string of the molecule is C=CC(CC)(CC=CC)CC(=O)OCC. The van der Waals surface area contributed by atoms with Crippen molar-refractivity contribution >= 4 is 5.97 Å². The first-order valence-electron chi connectivity index (χ1n) is 5.54. The molecule has 15 heavy (non-hydrogen) atoms. The van der Waals surface area contributed by atoms with Gasteiger partial charge >= 0.3 is 5.97 Å². The molecule has 0 radical (unpaired) electrons. The minimum atomic E-state index is -0.140. The molecule has 0 aromatic heterocycles. The Balaban J connectivity index is 4.48. The highest BCUT2D eigenvalue weighted by Gasteiger charge is 2.26. The van der Waals surface area contributed by atoms with Gasteiger partial charge in [-0.1, -0.05) is 25.2 Å². The molecular formula is C13H22O2. The van der Waals surface area contributed by atoms with Gasteiger partial charge in [-0.05, 0) is 26.7 Å². The Morgan fingerprint density at radius 3 is 2.53 bits per heavy atom. The van der Waals surface area contributed by atoms with Crippen LogP contribution >= 0.6 is 0 Å². The zero-order chi connectivity index (χ0) is 11.7. The van der Waals surface area contributed by atoms with Crippen molar-refractivity contribution in [2.24, 2.45) is 5.41 Å². The summed E-state index contributed by atoms with van der Waals surface area (Å²) in [5.74, 6) is -0.135. The van der Waals surface area contributed by atoms with Crippen LogP contribution in [0.5, 0.6) is 0 Å². The Morgan fingerprint density at radius 1 is 1.47 bits per heavy atom. The van der Waals surface area contributed by atoms with E-state index in [1.807, 2.05) is 26.0 Å². The molecule has 0 bridgehead atoms. The molecule has 0 rings (SSSR count). The summed E-state index contributed by atoms with van der Waals surface area (Å²) in [7, 11) is 0. The van der Waals surface area contributed by atoms with Crippen LogP contribution in [0.2, 0.25) is 0 Å². The number of carbonyl (C=O) groups is 1. The summed E-state index contributed by atoms with van der Waals surface area (Å²) >= 11 is 0. The first kappa shape index (κ1) is 13.9. The van der Waals surface area contributed by atoms with E-state index in [0.29, 0.717) is 13.0 Å². The molecule has 86 valence electrons. The lowest BCUT2D eigenvalue weighted by Crippen LogP contribution is -2.22. The molecule has 1 atom stereocenters. The third-order valence-electron chi connectivity index (χ3n) is 2.70. The largest absolute Gasteiger partial charge is 0.466 e. The minimum Gasteiger partial charge on any atom is -0.466 e. The molecule has 0 aromatic carbocycles. The van der Waals surface area contributed by atoms with Crippen molar-refractivity contribution in [2.75, 3.05) is 6.61 Å². The number of hydrogen-bond donors (Lipinski definition) is 0. The Kier molecular flexibility index (Phi) is 6.76. The molecule has 0 saturated heterocycles. The van der Waals surface area contributed by atoms with Crippen molar-refractivity contribution in [3.63, 3.8) is 0 Å². The summed E-state index contributed by atoms with van der Waals surface area (Å²) in [6.07, 6.45) is 8.13. The first-order chi connectivity index (χ1) is 7.14. The van der Waals surface area contributed by atoms with Gasteiger partial charge in [-0.15, -0.1) is 6.58 Å². The van der Waals surface area contributed by atoms with Gasteiger partial charge in [-0.25, -0.2) is 0 Å². The number of ether oxygens (including phenoxy) is 1. The molecule has 0 fully saturated rings. The highest BCUT2D eigenvalue weighted by Crippen LogP contribution is 2.33. The van der Waals surface area contributed by atoms with Gasteiger partial charge in [0.05, 0.1) is 13.0 Å². The molecule has 2 heteroatoms. The number of hydrogen-bond acceptors (Lipinski definition) is 2. The van der Waals surface area contributed by atoms with Crippen molar-refractivity contribution in [1.29, 1.82) is 0 Å². The van der Waals surface area contributed by atoms with E-state index < -0.39 is 0 Å². The number of rotatable bonds is 7.